The summed E-state index contributed by atoms with van der Waals surface area (Å²) in [6, 6.07) is 1.89. The van der Waals surface area contributed by atoms with Crippen molar-refractivity contribution in [2.45, 2.75) is 25.8 Å². The average molecular weight is 221 g/mol. The maximum absolute atomic E-state index is 12.0. The normalized spacial score (nSPS) is 20.3. The van der Waals surface area contributed by atoms with Crippen molar-refractivity contribution in [1.29, 1.82) is 5.26 Å². The van der Waals surface area contributed by atoms with E-state index in [1.165, 1.54) is 11.3 Å². The number of amides is 1. The summed E-state index contributed by atoms with van der Waals surface area (Å²) < 4.78 is 0. The lowest BCUT2D eigenvalue weighted by Crippen LogP contribution is -2.35. The highest BCUT2D eigenvalue weighted by Gasteiger charge is 2.30. The van der Waals surface area contributed by atoms with Crippen molar-refractivity contribution in [2.24, 2.45) is 0 Å². The zero-order chi connectivity index (χ0) is 10.8. The second-order valence-electron chi connectivity index (χ2n) is 3.54. The second kappa shape index (κ2) is 3.99. The summed E-state index contributed by atoms with van der Waals surface area (Å²) in [5.74, 6) is -0.0993. The molecule has 1 aromatic heterocycles. The van der Waals surface area contributed by atoms with Crippen LogP contribution < -0.4 is 0 Å². The molecular weight excluding hydrogens is 210 g/mol. The van der Waals surface area contributed by atoms with Gasteiger partial charge in [-0.05, 0) is 19.8 Å². The Labute approximate surface area is 92.2 Å². The van der Waals surface area contributed by atoms with Crippen molar-refractivity contribution in [3.05, 3.63) is 16.1 Å². The fourth-order valence-corrected chi connectivity index (χ4v) is 2.36. The van der Waals surface area contributed by atoms with Gasteiger partial charge in [-0.2, -0.15) is 5.26 Å². The molecule has 1 aliphatic rings. The molecular formula is C10H11N3OS. The highest BCUT2D eigenvalue weighted by atomic mass is 32.1. The van der Waals surface area contributed by atoms with Crippen LogP contribution in [0.25, 0.3) is 0 Å². The van der Waals surface area contributed by atoms with Crippen LogP contribution in [0.3, 0.4) is 0 Å². The molecule has 78 valence electrons. The first kappa shape index (κ1) is 10.1. The molecule has 1 amide bonds. The van der Waals surface area contributed by atoms with E-state index in [2.05, 4.69) is 11.1 Å². The summed E-state index contributed by atoms with van der Waals surface area (Å²) in [7, 11) is 0. The zero-order valence-electron chi connectivity index (χ0n) is 8.43. The molecule has 1 aliphatic heterocycles. The number of hydrogen-bond donors (Lipinski definition) is 0. The standard InChI is InChI=1S/C10H11N3OS/c1-7-9(12-6-15-7)10(14)13-4-2-3-8(13)5-11/h6,8H,2-4H2,1H3/t8-/m1/s1. The number of carbonyl (C=O) groups is 1. The quantitative estimate of drug-likeness (QED) is 0.723. The van der Waals surface area contributed by atoms with Gasteiger partial charge in [-0.15, -0.1) is 11.3 Å². The molecule has 0 spiro atoms. The first-order valence-electron chi connectivity index (χ1n) is 4.84. The van der Waals surface area contributed by atoms with E-state index in [9.17, 15) is 4.79 Å². The Morgan fingerprint density at radius 1 is 1.80 bits per heavy atom. The molecule has 15 heavy (non-hydrogen) atoms. The van der Waals surface area contributed by atoms with Crippen LogP contribution in [0.15, 0.2) is 5.51 Å². The van der Waals surface area contributed by atoms with E-state index in [1.807, 2.05) is 6.92 Å². The number of nitrogens with zero attached hydrogens (tertiary/aromatic N) is 3. The van der Waals surface area contributed by atoms with Crippen molar-refractivity contribution in [3.8, 4) is 6.07 Å². The van der Waals surface area contributed by atoms with E-state index in [0.717, 1.165) is 17.7 Å². The number of hydrogen-bond acceptors (Lipinski definition) is 4. The first-order chi connectivity index (χ1) is 7.24. The fourth-order valence-electron chi connectivity index (χ4n) is 1.79. The Kier molecular flexibility index (Phi) is 2.69. The minimum Gasteiger partial charge on any atom is -0.321 e. The van der Waals surface area contributed by atoms with E-state index in [4.69, 9.17) is 5.26 Å². The third kappa shape index (κ3) is 1.73. The van der Waals surface area contributed by atoms with Gasteiger partial charge in [-0.25, -0.2) is 4.98 Å². The van der Waals surface area contributed by atoms with Crippen LogP contribution in [0.2, 0.25) is 0 Å². The topological polar surface area (TPSA) is 57.0 Å². The fraction of sp³-hybridized carbons (Fsp3) is 0.500. The third-order valence-corrected chi connectivity index (χ3v) is 3.37. The van der Waals surface area contributed by atoms with Crippen molar-refractivity contribution in [1.82, 2.24) is 9.88 Å². The summed E-state index contributed by atoms with van der Waals surface area (Å²) in [6.45, 7) is 2.55. The van der Waals surface area contributed by atoms with Gasteiger partial charge in [0.25, 0.3) is 5.91 Å². The van der Waals surface area contributed by atoms with Crippen LogP contribution in [0.4, 0.5) is 0 Å². The molecule has 2 rings (SSSR count). The van der Waals surface area contributed by atoms with Gasteiger partial charge in [-0.3, -0.25) is 4.79 Å². The molecule has 2 heterocycles. The Morgan fingerprint density at radius 3 is 3.20 bits per heavy atom. The largest absolute Gasteiger partial charge is 0.321 e. The lowest BCUT2D eigenvalue weighted by molar-refractivity contribution is 0.0759. The number of thiazole rings is 1. The summed E-state index contributed by atoms with van der Waals surface area (Å²) in [5, 5.41) is 8.89. The van der Waals surface area contributed by atoms with Gasteiger partial charge < -0.3 is 4.90 Å². The molecule has 4 nitrogen and oxygen atoms in total. The Bertz CT molecular complexity index is 421. The maximum atomic E-state index is 12.0. The highest BCUT2D eigenvalue weighted by molar-refractivity contribution is 7.09. The van der Waals surface area contributed by atoms with Crippen molar-refractivity contribution in [2.75, 3.05) is 6.54 Å². The lowest BCUT2D eigenvalue weighted by atomic mass is 10.2. The number of likely N-dealkylation sites (tertiary alicyclic amines) is 1. The monoisotopic (exact) mass is 221 g/mol. The van der Waals surface area contributed by atoms with E-state index >= 15 is 0 Å². The summed E-state index contributed by atoms with van der Waals surface area (Å²) >= 11 is 1.46. The predicted octanol–water partition coefficient (Wildman–Crippen LogP) is 1.58. The van der Waals surface area contributed by atoms with Gasteiger partial charge in [0.2, 0.25) is 0 Å². The van der Waals surface area contributed by atoms with Gasteiger partial charge >= 0.3 is 0 Å². The van der Waals surface area contributed by atoms with E-state index in [-0.39, 0.29) is 11.9 Å². The van der Waals surface area contributed by atoms with Crippen LogP contribution in [-0.4, -0.2) is 28.4 Å². The van der Waals surface area contributed by atoms with Crippen LogP contribution in [0.1, 0.15) is 28.2 Å². The van der Waals surface area contributed by atoms with E-state index in [1.54, 1.807) is 10.4 Å². The summed E-state index contributed by atoms with van der Waals surface area (Å²) in [4.78, 5) is 18.6. The summed E-state index contributed by atoms with van der Waals surface area (Å²) in [5.41, 5.74) is 2.17. The Balaban J connectivity index is 2.22. The smallest absolute Gasteiger partial charge is 0.274 e. The molecule has 1 saturated heterocycles. The predicted molar refractivity (Wildman–Crippen MR) is 56.5 cm³/mol. The van der Waals surface area contributed by atoms with E-state index < -0.39 is 0 Å². The van der Waals surface area contributed by atoms with Crippen LogP contribution in [0, 0.1) is 18.3 Å². The number of aromatic nitrogens is 1. The van der Waals surface area contributed by atoms with Crippen LogP contribution in [-0.2, 0) is 0 Å². The van der Waals surface area contributed by atoms with Gasteiger partial charge in [0.15, 0.2) is 0 Å². The number of nitriles is 1. The molecule has 1 atom stereocenters. The van der Waals surface area contributed by atoms with Crippen molar-refractivity contribution < 1.29 is 4.79 Å². The van der Waals surface area contributed by atoms with Crippen molar-refractivity contribution >= 4 is 17.2 Å². The van der Waals surface area contributed by atoms with Crippen LogP contribution >= 0.6 is 11.3 Å². The van der Waals surface area contributed by atoms with Gasteiger partial charge in [0.05, 0.1) is 11.6 Å². The van der Waals surface area contributed by atoms with E-state index in [0.29, 0.717) is 12.2 Å². The molecule has 1 aromatic rings. The van der Waals surface area contributed by atoms with Gasteiger partial charge in [0.1, 0.15) is 11.7 Å². The maximum Gasteiger partial charge on any atom is 0.274 e. The number of aryl methyl sites for hydroxylation is 1. The average Bonchev–Trinajstić information content (AvgIpc) is 2.84. The SMILES string of the molecule is Cc1scnc1C(=O)N1CCC[C@@H]1C#N. The molecule has 5 heteroatoms. The minimum absolute atomic E-state index is 0.0993. The second-order valence-corrected chi connectivity index (χ2v) is 4.60. The Morgan fingerprint density at radius 2 is 2.60 bits per heavy atom. The van der Waals surface area contributed by atoms with Gasteiger partial charge in [0, 0.05) is 11.4 Å². The third-order valence-electron chi connectivity index (χ3n) is 2.61. The number of rotatable bonds is 1. The zero-order valence-corrected chi connectivity index (χ0v) is 9.25. The molecule has 0 aromatic carbocycles. The highest BCUT2D eigenvalue weighted by Crippen LogP contribution is 2.21. The molecule has 0 radical (unpaired) electrons. The van der Waals surface area contributed by atoms with Crippen molar-refractivity contribution in [3.63, 3.8) is 0 Å². The lowest BCUT2D eigenvalue weighted by Gasteiger charge is -2.18. The molecule has 0 saturated carbocycles. The molecule has 0 N–H and O–H groups in total. The molecule has 0 unspecified atom stereocenters. The summed E-state index contributed by atoms with van der Waals surface area (Å²) in [6.07, 6.45) is 1.69. The first-order valence-corrected chi connectivity index (χ1v) is 5.72. The molecule has 1 fully saturated rings. The molecule has 0 bridgehead atoms. The van der Waals surface area contributed by atoms with Gasteiger partial charge in [-0.1, -0.05) is 0 Å². The molecule has 0 aliphatic carbocycles. The minimum atomic E-state index is -0.265. The van der Waals surface area contributed by atoms with Crippen LogP contribution in [0.5, 0.6) is 0 Å². The Hall–Kier alpha value is -1.41. The number of carbonyl (C=O) groups excluding carboxylic acids is 1.